The van der Waals surface area contributed by atoms with Crippen LogP contribution in [0.3, 0.4) is 0 Å². The summed E-state index contributed by atoms with van der Waals surface area (Å²) in [6, 6.07) is 8.33. The maximum atomic E-state index is 13.3. The second-order valence-electron chi connectivity index (χ2n) is 6.05. The molecule has 0 aromatic heterocycles. The van der Waals surface area contributed by atoms with Gasteiger partial charge in [0.05, 0.1) is 11.1 Å². The monoisotopic (exact) mass is 304 g/mol. The number of hydrogen-bond acceptors (Lipinski definition) is 3. The molecule has 4 heteroatoms. The van der Waals surface area contributed by atoms with E-state index in [1.54, 1.807) is 0 Å². The lowest BCUT2D eigenvalue weighted by Crippen LogP contribution is -2.50. The van der Waals surface area contributed by atoms with Crippen molar-refractivity contribution in [3.8, 4) is 0 Å². The van der Waals surface area contributed by atoms with E-state index < -0.39 is 0 Å². The van der Waals surface area contributed by atoms with Crippen LogP contribution < -0.4 is 10.2 Å². The number of fused-ring (bicyclic) bond motifs is 1. The molecule has 0 bridgehead atoms. The maximum absolute atomic E-state index is 13.3. The van der Waals surface area contributed by atoms with Gasteiger partial charge in [0.25, 0.3) is 0 Å². The molecule has 2 heterocycles. The highest BCUT2D eigenvalue weighted by Gasteiger charge is 2.42. The lowest BCUT2D eigenvalue weighted by molar-refractivity contribution is -0.130. The number of thioether (sulfide) groups is 1. The van der Waals surface area contributed by atoms with Crippen LogP contribution in [0.15, 0.2) is 29.2 Å². The lowest BCUT2D eigenvalue weighted by atomic mass is 9.74. The van der Waals surface area contributed by atoms with Crippen molar-refractivity contribution in [2.24, 2.45) is 5.41 Å². The summed E-state index contributed by atoms with van der Waals surface area (Å²) in [5.41, 5.74) is 0.975. The van der Waals surface area contributed by atoms with Crippen molar-refractivity contribution in [1.29, 1.82) is 0 Å². The van der Waals surface area contributed by atoms with Crippen molar-refractivity contribution < 1.29 is 4.79 Å². The van der Waals surface area contributed by atoms with Crippen molar-refractivity contribution in [2.45, 2.75) is 37.5 Å². The van der Waals surface area contributed by atoms with Crippen LogP contribution in [-0.4, -0.2) is 31.3 Å². The van der Waals surface area contributed by atoms with Gasteiger partial charge in [-0.3, -0.25) is 4.79 Å². The van der Waals surface area contributed by atoms with E-state index in [1.165, 1.54) is 4.90 Å². The van der Waals surface area contributed by atoms with Crippen molar-refractivity contribution in [1.82, 2.24) is 5.32 Å². The Balaban J connectivity index is 1.90. The van der Waals surface area contributed by atoms with Gasteiger partial charge in [0, 0.05) is 17.2 Å². The number of para-hydroxylation sites is 1. The van der Waals surface area contributed by atoms with E-state index in [1.807, 2.05) is 17.8 Å². The third-order valence-corrected chi connectivity index (χ3v) is 5.76. The molecule has 3 rings (SSSR count). The largest absolute Gasteiger partial charge is 0.317 e. The van der Waals surface area contributed by atoms with Gasteiger partial charge >= 0.3 is 0 Å². The molecule has 0 saturated carbocycles. The molecular formula is C17H24N2OS. The standard InChI is InChI=1S/C17H24N2OS/c1-2-7-17(8-10-18-11-9-17)16(20)19-12-13-21-15-6-4-3-5-14(15)19/h3-6,18H,2,7-13H2,1H3. The average Bonchev–Trinajstić information content (AvgIpc) is 2.55. The van der Waals surface area contributed by atoms with Crippen LogP contribution in [0.2, 0.25) is 0 Å². The molecule has 2 aliphatic rings. The van der Waals surface area contributed by atoms with Gasteiger partial charge in [-0.05, 0) is 44.5 Å². The molecule has 21 heavy (non-hydrogen) atoms. The minimum Gasteiger partial charge on any atom is -0.317 e. The topological polar surface area (TPSA) is 32.3 Å². The molecule has 0 radical (unpaired) electrons. The van der Waals surface area contributed by atoms with Gasteiger partial charge in [-0.15, -0.1) is 11.8 Å². The Morgan fingerprint density at radius 2 is 2.10 bits per heavy atom. The summed E-state index contributed by atoms with van der Waals surface area (Å²) in [5.74, 6) is 1.36. The first-order valence-electron chi connectivity index (χ1n) is 8.01. The summed E-state index contributed by atoms with van der Waals surface area (Å²) >= 11 is 1.86. The molecule has 0 unspecified atom stereocenters. The molecule has 0 spiro atoms. The van der Waals surface area contributed by atoms with Crippen LogP contribution in [0, 0.1) is 5.41 Å². The molecule has 2 aliphatic heterocycles. The van der Waals surface area contributed by atoms with Gasteiger partial charge in [0.15, 0.2) is 0 Å². The van der Waals surface area contributed by atoms with Gasteiger partial charge < -0.3 is 10.2 Å². The van der Waals surface area contributed by atoms with Crippen LogP contribution in [0.1, 0.15) is 32.6 Å². The summed E-state index contributed by atoms with van der Waals surface area (Å²) in [6.07, 6.45) is 4.05. The summed E-state index contributed by atoms with van der Waals surface area (Å²) in [7, 11) is 0. The van der Waals surface area contributed by atoms with E-state index in [2.05, 4.69) is 35.3 Å². The molecule has 1 fully saturated rings. The Bertz CT molecular complexity index is 506. The summed E-state index contributed by atoms with van der Waals surface area (Å²) in [4.78, 5) is 16.6. The van der Waals surface area contributed by atoms with E-state index in [9.17, 15) is 4.79 Å². The first-order chi connectivity index (χ1) is 10.3. The number of carbonyl (C=O) groups excluding carboxylic acids is 1. The molecule has 1 saturated heterocycles. The number of amides is 1. The van der Waals surface area contributed by atoms with Crippen molar-refractivity contribution in [2.75, 3.05) is 30.3 Å². The predicted molar refractivity (Wildman–Crippen MR) is 89.0 cm³/mol. The average molecular weight is 304 g/mol. The highest BCUT2D eigenvalue weighted by Crippen LogP contribution is 2.41. The Morgan fingerprint density at radius 3 is 2.86 bits per heavy atom. The normalized spacial score (nSPS) is 20.9. The summed E-state index contributed by atoms with van der Waals surface area (Å²) in [5, 5.41) is 3.40. The number of anilines is 1. The summed E-state index contributed by atoms with van der Waals surface area (Å²) < 4.78 is 0. The van der Waals surface area contributed by atoms with Crippen LogP contribution in [0.5, 0.6) is 0 Å². The highest BCUT2D eigenvalue weighted by atomic mass is 32.2. The number of benzene rings is 1. The highest BCUT2D eigenvalue weighted by molar-refractivity contribution is 7.99. The van der Waals surface area contributed by atoms with Crippen molar-refractivity contribution >= 4 is 23.4 Å². The molecule has 0 atom stereocenters. The van der Waals surface area contributed by atoms with Crippen LogP contribution in [-0.2, 0) is 4.79 Å². The van der Waals surface area contributed by atoms with Crippen molar-refractivity contribution in [3.05, 3.63) is 24.3 Å². The zero-order valence-electron chi connectivity index (χ0n) is 12.7. The van der Waals surface area contributed by atoms with Gasteiger partial charge in [0.1, 0.15) is 0 Å². The smallest absolute Gasteiger partial charge is 0.233 e. The molecule has 3 nitrogen and oxygen atoms in total. The Morgan fingerprint density at radius 1 is 1.33 bits per heavy atom. The Kier molecular flexibility index (Phi) is 4.55. The number of nitrogens with zero attached hydrogens (tertiary/aromatic N) is 1. The van der Waals surface area contributed by atoms with Gasteiger partial charge in [-0.2, -0.15) is 0 Å². The fraction of sp³-hybridized carbons (Fsp3) is 0.588. The number of carbonyl (C=O) groups is 1. The van der Waals surface area contributed by atoms with E-state index in [0.29, 0.717) is 5.91 Å². The SMILES string of the molecule is CCCC1(C(=O)N2CCSc3ccccc32)CCNCC1. The van der Waals surface area contributed by atoms with Crippen molar-refractivity contribution in [3.63, 3.8) is 0 Å². The molecular weight excluding hydrogens is 280 g/mol. The van der Waals surface area contributed by atoms with E-state index in [4.69, 9.17) is 0 Å². The first kappa shape index (κ1) is 14.9. The quantitative estimate of drug-likeness (QED) is 0.930. The molecule has 1 aromatic carbocycles. The molecule has 1 N–H and O–H groups in total. The number of piperidine rings is 1. The number of rotatable bonds is 3. The van der Waals surface area contributed by atoms with Crippen LogP contribution in [0.25, 0.3) is 0 Å². The lowest BCUT2D eigenvalue weighted by Gasteiger charge is -2.41. The fourth-order valence-electron chi connectivity index (χ4n) is 3.62. The molecule has 0 aliphatic carbocycles. The third kappa shape index (κ3) is 2.84. The zero-order valence-corrected chi connectivity index (χ0v) is 13.5. The van der Waals surface area contributed by atoms with E-state index >= 15 is 0 Å². The molecule has 1 aromatic rings. The second-order valence-corrected chi connectivity index (χ2v) is 7.19. The first-order valence-corrected chi connectivity index (χ1v) is 9.00. The van der Waals surface area contributed by atoms with Gasteiger partial charge in [0.2, 0.25) is 5.91 Å². The van der Waals surface area contributed by atoms with Gasteiger partial charge in [-0.25, -0.2) is 0 Å². The molecule has 1 amide bonds. The Labute approximate surface area is 131 Å². The fourth-order valence-corrected chi connectivity index (χ4v) is 4.62. The van der Waals surface area contributed by atoms with E-state index in [-0.39, 0.29) is 5.41 Å². The van der Waals surface area contributed by atoms with Crippen LogP contribution >= 0.6 is 11.8 Å². The minimum atomic E-state index is -0.144. The predicted octanol–water partition coefficient (Wildman–Crippen LogP) is 3.30. The second kappa shape index (κ2) is 6.41. The Hall–Kier alpha value is -1.00. The summed E-state index contributed by atoms with van der Waals surface area (Å²) in [6.45, 7) is 4.97. The number of nitrogens with one attached hydrogen (secondary N) is 1. The zero-order chi connectivity index (χ0) is 14.7. The maximum Gasteiger partial charge on any atom is 0.233 e. The molecule has 114 valence electrons. The number of hydrogen-bond donors (Lipinski definition) is 1. The van der Waals surface area contributed by atoms with Gasteiger partial charge in [-0.1, -0.05) is 25.5 Å². The third-order valence-electron chi connectivity index (χ3n) is 4.72. The van der Waals surface area contributed by atoms with Crippen LogP contribution in [0.4, 0.5) is 5.69 Å². The minimum absolute atomic E-state index is 0.144. The van der Waals surface area contributed by atoms with E-state index in [0.717, 1.165) is 56.8 Å².